The van der Waals surface area contributed by atoms with Crippen LogP contribution in [0.15, 0.2) is 18.2 Å². The first-order valence-electron chi connectivity index (χ1n) is 7.91. The first-order chi connectivity index (χ1) is 10.5. The number of benzene rings is 1. The lowest BCUT2D eigenvalue weighted by atomic mass is 9.80. The molecule has 1 aromatic carbocycles. The lowest BCUT2D eigenvalue weighted by Crippen LogP contribution is -2.49. The summed E-state index contributed by atoms with van der Waals surface area (Å²) in [4.78, 5) is 24.0. The third-order valence-electron chi connectivity index (χ3n) is 4.31. The Labute approximate surface area is 131 Å². The zero-order valence-electron chi connectivity index (χ0n) is 13.2. The van der Waals surface area contributed by atoms with Gasteiger partial charge in [-0.25, -0.2) is 0 Å². The highest BCUT2D eigenvalue weighted by atomic mass is 16.3. The molecule has 1 aliphatic carbocycles. The molecule has 120 valence electrons. The van der Waals surface area contributed by atoms with Gasteiger partial charge in [0.1, 0.15) is 0 Å². The Morgan fingerprint density at radius 1 is 1.14 bits per heavy atom. The summed E-state index contributed by atoms with van der Waals surface area (Å²) in [5.74, 6) is -1.38. The molecule has 22 heavy (non-hydrogen) atoms. The highest BCUT2D eigenvalue weighted by Gasteiger charge is 2.35. The smallest absolute Gasteiger partial charge is 0.313 e. The van der Waals surface area contributed by atoms with E-state index in [2.05, 4.69) is 10.6 Å². The van der Waals surface area contributed by atoms with Gasteiger partial charge in [-0.05, 0) is 43.2 Å². The van der Waals surface area contributed by atoms with Crippen molar-refractivity contribution in [2.24, 2.45) is 0 Å². The van der Waals surface area contributed by atoms with Crippen LogP contribution >= 0.6 is 0 Å². The fraction of sp³-hybridized carbons (Fsp3) is 0.529. The number of hydrogen-bond acceptors (Lipinski definition) is 3. The van der Waals surface area contributed by atoms with Gasteiger partial charge in [-0.1, -0.05) is 32.0 Å². The SMILES string of the molecule is CCc1cccc(CC)c1NC(=O)C(=O)NCC1(O)CCC1. The average molecular weight is 304 g/mol. The first-order valence-corrected chi connectivity index (χ1v) is 7.91. The van der Waals surface area contributed by atoms with Crippen LogP contribution in [0.1, 0.15) is 44.2 Å². The van der Waals surface area contributed by atoms with E-state index < -0.39 is 17.4 Å². The van der Waals surface area contributed by atoms with Gasteiger partial charge in [0.15, 0.2) is 0 Å². The molecule has 2 amide bonds. The Bertz CT molecular complexity index is 543. The number of aryl methyl sites for hydroxylation is 2. The van der Waals surface area contributed by atoms with Crippen molar-refractivity contribution in [3.05, 3.63) is 29.3 Å². The Kier molecular flexibility index (Phi) is 5.19. The van der Waals surface area contributed by atoms with Gasteiger partial charge in [-0.3, -0.25) is 9.59 Å². The van der Waals surface area contributed by atoms with Crippen molar-refractivity contribution in [1.82, 2.24) is 5.32 Å². The average Bonchev–Trinajstić information content (AvgIpc) is 2.50. The van der Waals surface area contributed by atoms with Gasteiger partial charge in [0.2, 0.25) is 0 Å². The minimum atomic E-state index is -0.828. The van der Waals surface area contributed by atoms with Crippen molar-refractivity contribution in [3.63, 3.8) is 0 Å². The maximum atomic E-state index is 12.1. The van der Waals surface area contributed by atoms with E-state index in [0.29, 0.717) is 12.8 Å². The molecule has 0 saturated heterocycles. The molecule has 1 saturated carbocycles. The molecule has 1 fully saturated rings. The number of para-hydroxylation sites is 1. The molecule has 3 N–H and O–H groups in total. The van der Waals surface area contributed by atoms with Crippen molar-refractivity contribution in [1.29, 1.82) is 0 Å². The van der Waals surface area contributed by atoms with Crippen LogP contribution < -0.4 is 10.6 Å². The summed E-state index contributed by atoms with van der Waals surface area (Å²) in [5, 5.41) is 15.2. The second-order valence-electron chi connectivity index (χ2n) is 5.87. The van der Waals surface area contributed by atoms with E-state index in [-0.39, 0.29) is 6.54 Å². The number of nitrogens with one attached hydrogen (secondary N) is 2. The molecule has 5 heteroatoms. The summed E-state index contributed by atoms with van der Waals surface area (Å²) in [6.45, 7) is 4.16. The van der Waals surface area contributed by atoms with Gasteiger partial charge in [0.05, 0.1) is 5.60 Å². The lowest BCUT2D eigenvalue weighted by molar-refractivity contribution is -0.137. The van der Waals surface area contributed by atoms with Crippen LogP contribution in [0.25, 0.3) is 0 Å². The van der Waals surface area contributed by atoms with E-state index in [1.807, 2.05) is 32.0 Å². The van der Waals surface area contributed by atoms with Gasteiger partial charge in [0.25, 0.3) is 0 Å². The number of anilines is 1. The number of amides is 2. The first kappa shape index (κ1) is 16.5. The number of carbonyl (C=O) groups is 2. The topological polar surface area (TPSA) is 78.4 Å². The predicted molar refractivity (Wildman–Crippen MR) is 85.6 cm³/mol. The zero-order chi connectivity index (χ0) is 16.2. The largest absolute Gasteiger partial charge is 0.388 e. The van der Waals surface area contributed by atoms with Crippen LogP contribution in [0, 0.1) is 0 Å². The summed E-state index contributed by atoms with van der Waals surface area (Å²) in [5.41, 5.74) is 1.93. The Morgan fingerprint density at radius 3 is 2.18 bits per heavy atom. The highest BCUT2D eigenvalue weighted by molar-refractivity contribution is 6.39. The molecule has 0 atom stereocenters. The molecular formula is C17H24N2O3. The van der Waals surface area contributed by atoms with E-state index in [0.717, 1.165) is 36.1 Å². The maximum absolute atomic E-state index is 12.1. The zero-order valence-corrected chi connectivity index (χ0v) is 13.2. The molecule has 0 radical (unpaired) electrons. The Morgan fingerprint density at radius 2 is 1.73 bits per heavy atom. The molecule has 0 aromatic heterocycles. The van der Waals surface area contributed by atoms with Crippen molar-refractivity contribution in [2.75, 3.05) is 11.9 Å². The Hall–Kier alpha value is -1.88. The van der Waals surface area contributed by atoms with Crippen molar-refractivity contribution >= 4 is 17.5 Å². The van der Waals surface area contributed by atoms with Gasteiger partial charge >= 0.3 is 11.8 Å². The van der Waals surface area contributed by atoms with Crippen LogP contribution in [-0.4, -0.2) is 29.1 Å². The van der Waals surface area contributed by atoms with E-state index in [4.69, 9.17) is 0 Å². The van der Waals surface area contributed by atoms with Crippen LogP contribution in [-0.2, 0) is 22.4 Å². The number of rotatable bonds is 5. The molecule has 1 aromatic rings. The number of carbonyl (C=O) groups excluding carboxylic acids is 2. The third-order valence-corrected chi connectivity index (χ3v) is 4.31. The second kappa shape index (κ2) is 6.92. The van der Waals surface area contributed by atoms with Crippen molar-refractivity contribution in [3.8, 4) is 0 Å². The van der Waals surface area contributed by atoms with E-state index in [1.54, 1.807) is 0 Å². The Balaban J connectivity index is 2.00. The third kappa shape index (κ3) is 3.65. The molecule has 0 heterocycles. The minimum absolute atomic E-state index is 0.134. The van der Waals surface area contributed by atoms with E-state index >= 15 is 0 Å². The lowest BCUT2D eigenvalue weighted by Gasteiger charge is -2.36. The number of aliphatic hydroxyl groups is 1. The molecule has 0 bridgehead atoms. The summed E-state index contributed by atoms with van der Waals surface area (Å²) in [6, 6.07) is 5.85. The van der Waals surface area contributed by atoms with Gasteiger partial charge < -0.3 is 15.7 Å². The quantitative estimate of drug-likeness (QED) is 0.726. The van der Waals surface area contributed by atoms with E-state index in [9.17, 15) is 14.7 Å². The standard InChI is InChI=1S/C17H24N2O3/c1-3-12-7-5-8-13(4-2)14(12)19-16(21)15(20)18-11-17(22)9-6-10-17/h5,7-8,22H,3-4,6,9-11H2,1-2H3,(H,18,20)(H,19,21). The van der Waals surface area contributed by atoms with Crippen LogP contribution in [0.4, 0.5) is 5.69 Å². The second-order valence-corrected chi connectivity index (χ2v) is 5.87. The molecule has 1 aliphatic rings. The molecule has 5 nitrogen and oxygen atoms in total. The van der Waals surface area contributed by atoms with Gasteiger partial charge in [-0.15, -0.1) is 0 Å². The van der Waals surface area contributed by atoms with Crippen LogP contribution in [0.2, 0.25) is 0 Å². The van der Waals surface area contributed by atoms with Crippen molar-refractivity contribution < 1.29 is 14.7 Å². The van der Waals surface area contributed by atoms with Gasteiger partial charge in [0, 0.05) is 12.2 Å². The summed E-state index contributed by atoms with van der Waals surface area (Å²) in [6.07, 6.45) is 3.87. The predicted octanol–water partition coefficient (Wildman–Crippen LogP) is 1.78. The normalized spacial score (nSPS) is 15.8. The van der Waals surface area contributed by atoms with Gasteiger partial charge in [-0.2, -0.15) is 0 Å². The van der Waals surface area contributed by atoms with Crippen LogP contribution in [0.3, 0.4) is 0 Å². The minimum Gasteiger partial charge on any atom is -0.388 e. The molecule has 2 rings (SSSR count). The summed E-state index contributed by atoms with van der Waals surface area (Å²) in [7, 11) is 0. The monoisotopic (exact) mass is 304 g/mol. The molecular weight excluding hydrogens is 280 g/mol. The number of hydrogen-bond donors (Lipinski definition) is 3. The van der Waals surface area contributed by atoms with Crippen LogP contribution in [0.5, 0.6) is 0 Å². The van der Waals surface area contributed by atoms with E-state index in [1.165, 1.54) is 0 Å². The summed E-state index contributed by atoms with van der Waals surface area (Å²) >= 11 is 0. The molecule has 0 unspecified atom stereocenters. The van der Waals surface area contributed by atoms with Crippen molar-refractivity contribution in [2.45, 2.75) is 51.6 Å². The molecule has 0 spiro atoms. The fourth-order valence-corrected chi connectivity index (χ4v) is 2.66. The highest BCUT2D eigenvalue weighted by Crippen LogP contribution is 2.30. The maximum Gasteiger partial charge on any atom is 0.313 e. The summed E-state index contributed by atoms with van der Waals surface area (Å²) < 4.78 is 0. The fourth-order valence-electron chi connectivity index (χ4n) is 2.66. The molecule has 0 aliphatic heterocycles.